The lowest BCUT2D eigenvalue weighted by Gasteiger charge is -2.29. The van der Waals surface area contributed by atoms with Gasteiger partial charge in [0.1, 0.15) is 6.04 Å². The Kier molecular flexibility index (Phi) is 4.17. The van der Waals surface area contributed by atoms with Crippen molar-refractivity contribution in [2.24, 2.45) is 11.7 Å². The van der Waals surface area contributed by atoms with Gasteiger partial charge in [-0.3, -0.25) is 0 Å². The van der Waals surface area contributed by atoms with Crippen LogP contribution >= 0.6 is 0 Å². The number of aliphatic hydroxyl groups is 1. The Balaban J connectivity index is 1.69. The molecule has 6 nitrogen and oxygen atoms in total. The SMILES string of the molecule is NC(c1ccccc1)c1nc(N2CCC(CO)CC2)no1. The van der Waals surface area contributed by atoms with E-state index in [1.807, 2.05) is 30.3 Å². The molecule has 3 rings (SSSR count). The molecule has 1 saturated heterocycles. The fraction of sp³-hybridized carbons (Fsp3) is 0.467. The van der Waals surface area contributed by atoms with Crippen LogP contribution in [0.15, 0.2) is 34.9 Å². The molecule has 0 aliphatic carbocycles. The zero-order valence-electron chi connectivity index (χ0n) is 11.9. The average molecular weight is 288 g/mol. The smallest absolute Gasteiger partial charge is 0.266 e. The molecule has 1 atom stereocenters. The molecule has 112 valence electrons. The molecule has 0 saturated carbocycles. The van der Waals surface area contributed by atoms with Crippen molar-refractivity contribution in [2.75, 3.05) is 24.6 Å². The van der Waals surface area contributed by atoms with Crippen LogP contribution in [0.4, 0.5) is 5.95 Å². The van der Waals surface area contributed by atoms with Crippen LogP contribution in [0.3, 0.4) is 0 Å². The summed E-state index contributed by atoms with van der Waals surface area (Å²) in [5.74, 6) is 1.41. The number of aromatic nitrogens is 2. The topological polar surface area (TPSA) is 88.4 Å². The number of nitrogens with two attached hydrogens (primary N) is 1. The minimum atomic E-state index is -0.401. The molecular weight excluding hydrogens is 268 g/mol. The van der Waals surface area contributed by atoms with Crippen molar-refractivity contribution in [3.63, 3.8) is 0 Å². The quantitative estimate of drug-likeness (QED) is 0.882. The molecule has 1 fully saturated rings. The van der Waals surface area contributed by atoms with Crippen LogP contribution in [0.5, 0.6) is 0 Å². The van der Waals surface area contributed by atoms with Crippen LogP contribution in [0, 0.1) is 5.92 Å². The zero-order valence-corrected chi connectivity index (χ0v) is 11.9. The molecule has 1 aliphatic rings. The van der Waals surface area contributed by atoms with E-state index in [9.17, 15) is 0 Å². The minimum absolute atomic E-state index is 0.254. The first-order valence-electron chi connectivity index (χ1n) is 7.28. The maximum absolute atomic E-state index is 9.17. The third-order valence-electron chi connectivity index (χ3n) is 4.01. The largest absolute Gasteiger partial charge is 0.396 e. The van der Waals surface area contributed by atoms with Gasteiger partial charge >= 0.3 is 0 Å². The summed E-state index contributed by atoms with van der Waals surface area (Å²) in [7, 11) is 0. The van der Waals surface area contributed by atoms with E-state index in [-0.39, 0.29) is 6.61 Å². The Bertz CT molecular complexity index is 564. The normalized spacial score (nSPS) is 17.9. The summed E-state index contributed by atoms with van der Waals surface area (Å²) in [5.41, 5.74) is 7.11. The molecule has 0 spiro atoms. The van der Waals surface area contributed by atoms with Gasteiger partial charge in [-0.05, 0) is 29.5 Å². The van der Waals surface area contributed by atoms with Gasteiger partial charge in [0.05, 0.1) is 0 Å². The molecule has 0 bridgehead atoms. The molecule has 1 unspecified atom stereocenters. The third-order valence-corrected chi connectivity index (χ3v) is 4.01. The third kappa shape index (κ3) is 3.06. The zero-order chi connectivity index (χ0) is 14.7. The monoisotopic (exact) mass is 288 g/mol. The first-order valence-corrected chi connectivity index (χ1v) is 7.28. The van der Waals surface area contributed by atoms with E-state index >= 15 is 0 Å². The molecular formula is C15H20N4O2. The predicted molar refractivity (Wildman–Crippen MR) is 78.8 cm³/mol. The second-order valence-electron chi connectivity index (χ2n) is 5.43. The van der Waals surface area contributed by atoms with Gasteiger partial charge in [-0.25, -0.2) is 0 Å². The highest BCUT2D eigenvalue weighted by molar-refractivity contribution is 5.31. The van der Waals surface area contributed by atoms with Crippen molar-refractivity contribution in [3.8, 4) is 0 Å². The van der Waals surface area contributed by atoms with Crippen LogP contribution in [-0.4, -0.2) is 34.9 Å². The van der Waals surface area contributed by atoms with E-state index in [0.29, 0.717) is 17.8 Å². The lowest BCUT2D eigenvalue weighted by Crippen LogP contribution is -2.35. The number of hydrogen-bond acceptors (Lipinski definition) is 6. The first-order chi connectivity index (χ1) is 10.3. The van der Waals surface area contributed by atoms with Crippen molar-refractivity contribution in [1.29, 1.82) is 0 Å². The van der Waals surface area contributed by atoms with E-state index in [1.54, 1.807) is 0 Å². The van der Waals surface area contributed by atoms with Gasteiger partial charge in [0, 0.05) is 19.7 Å². The standard InChI is InChI=1S/C15H20N4O2/c16-13(12-4-2-1-3-5-12)14-17-15(18-21-14)19-8-6-11(10-20)7-9-19/h1-5,11,13,20H,6-10,16H2. The van der Waals surface area contributed by atoms with Crippen molar-refractivity contribution in [2.45, 2.75) is 18.9 Å². The lowest BCUT2D eigenvalue weighted by atomic mass is 9.98. The Morgan fingerprint density at radius 1 is 1.29 bits per heavy atom. The van der Waals surface area contributed by atoms with Crippen molar-refractivity contribution in [3.05, 3.63) is 41.8 Å². The number of hydrogen-bond donors (Lipinski definition) is 2. The van der Waals surface area contributed by atoms with E-state index < -0.39 is 6.04 Å². The number of aliphatic hydroxyl groups excluding tert-OH is 1. The minimum Gasteiger partial charge on any atom is -0.396 e. The molecule has 0 radical (unpaired) electrons. The summed E-state index contributed by atoms with van der Waals surface area (Å²) >= 11 is 0. The van der Waals surface area contributed by atoms with Gasteiger partial charge in [-0.15, -0.1) is 0 Å². The summed E-state index contributed by atoms with van der Waals surface area (Å²) in [6.07, 6.45) is 1.90. The van der Waals surface area contributed by atoms with Crippen molar-refractivity contribution in [1.82, 2.24) is 10.1 Å². The molecule has 1 aromatic heterocycles. The van der Waals surface area contributed by atoms with E-state index in [1.165, 1.54) is 0 Å². The number of anilines is 1. The summed E-state index contributed by atoms with van der Waals surface area (Å²) < 4.78 is 5.31. The van der Waals surface area contributed by atoms with Crippen LogP contribution < -0.4 is 10.6 Å². The molecule has 6 heteroatoms. The van der Waals surface area contributed by atoms with Crippen molar-refractivity contribution >= 4 is 5.95 Å². The van der Waals surface area contributed by atoms with E-state index in [2.05, 4.69) is 15.0 Å². The summed E-state index contributed by atoms with van der Waals surface area (Å²) in [6.45, 7) is 1.93. The van der Waals surface area contributed by atoms with Gasteiger partial charge < -0.3 is 20.3 Å². The molecule has 2 heterocycles. The van der Waals surface area contributed by atoms with Crippen LogP contribution in [0.1, 0.15) is 30.3 Å². The maximum Gasteiger partial charge on any atom is 0.266 e. The van der Waals surface area contributed by atoms with Crippen LogP contribution in [0.25, 0.3) is 0 Å². The van der Waals surface area contributed by atoms with Crippen LogP contribution in [0.2, 0.25) is 0 Å². The Labute approximate surface area is 123 Å². The number of nitrogens with zero attached hydrogens (tertiary/aromatic N) is 3. The summed E-state index contributed by atoms with van der Waals surface area (Å²) in [4.78, 5) is 6.50. The first kappa shape index (κ1) is 14.0. The maximum atomic E-state index is 9.17. The molecule has 2 aromatic rings. The number of piperidine rings is 1. The molecule has 3 N–H and O–H groups in total. The number of rotatable bonds is 4. The molecule has 21 heavy (non-hydrogen) atoms. The Hall–Kier alpha value is -1.92. The highest BCUT2D eigenvalue weighted by atomic mass is 16.5. The van der Waals surface area contributed by atoms with Crippen molar-refractivity contribution < 1.29 is 9.63 Å². The van der Waals surface area contributed by atoms with E-state index in [4.69, 9.17) is 15.4 Å². The van der Waals surface area contributed by atoms with Crippen LogP contribution in [-0.2, 0) is 0 Å². The fourth-order valence-corrected chi connectivity index (χ4v) is 2.60. The van der Waals surface area contributed by atoms with Gasteiger partial charge in [0.2, 0.25) is 5.89 Å². The summed E-state index contributed by atoms with van der Waals surface area (Å²) in [5, 5.41) is 13.2. The molecule has 1 aromatic carbocycles. The predicted octanol–water partition coefficient (Wildman–Crippen LogP) is 1.33. The highest BCUT2D eigenvalue weighted by Gasteiger charge is 2.24. The van der Waals surface area contributed by atoms with Gasteiger partial charge in [-0.1, -0.05) is 30.3 Å². The molecule has 0 amide bonds. The van der Waals surface area contributed by atoms with E-state index in [0.717, 1.165) is 31.5 Å². The van der Waals surface area contributed by atoms with Gasteiger partial charge in [0.15, 0.2) is 0 Å². The highest BCUT2D eigenvalue weighted by Crippen LogP contribution is 2.23. The number of benzene rings is 1. The summed E-state index contributed by atoms with van der Waals surface area (Å²) in [6, 6.07) is 9.31. The van der Waals surface area contributed by atoms with Gasteiger partial charge in [0.25, 0.3) is 5.95 Å². The second kappa shape index (κ2) is 6.24. The lowest BCUT2D eigenvalue weighted by molar-refractivity contribution is 0.202. The Morgan fingerprint density at radius 2 is 2.00 bits per heavy atom. The Morgan fingerprint density at radius 3 is 2.67 bits per heavy atom. The van der Waals surface area contributed by atoms with Gasteiger partial charge in [-0.2, -0.15) is 4.98 Å². The second-order valence-corrected chi connectivity index (χ2v) is 5.43. The molecule has 1 aliphatic heterocycles. The fourth-order valence-electron chi connectivity index (χ4n) is 2.60. The average Bonchev–Trinajstić information content (AvgIpc) is 3.05.